The van der Waals surface area contributed by atoms with Crippen molar-refractivity contribution in [3.05, 3.63) is 35.4 Å². The fraction of sp³-hybridized carbons (Fsp3) is 0.625. The van der Waals surface area contributed by atoms with Crippen LogP contribution in [-0.2, 0) is 6.54 Å². The van der Waals surface area contributed by atoms with Crippen molar-refractivity contribution >= 4 is 0 Å². The first kappa shape index (κ1) is 15.2. The van der Waals surface area contributed by atoms with E-state index >= 15 is 0 Å². The van der Waals surface area contributed by atoms with Crippen LogP contribution in [0, 0.1) is 0 Å². The van der Waals surface area contributed by atoms with Gasteiger partial charge in [0.05, 0.1) is 0 Å². The number of aliphatic hydroxyl groups is 1. The molecule has 0 unspecified atom stereocenters. The summed E-state index contributed by atoms with van der Waals surface area (Å²) in [4.78, 5) is 2.30. The van der Waals surface area contributed by atoms with Crippen molar-refractivity contribution < 1.29 is 5.11 Å². The molecule has 2 nitrogen and oxygen atoms in total. The molecule has 0 aliphatic rings. The number of nitrogens with zero attached hydrogens (tertiary/aromatic N) is 1. The molecule has 0 heterocycles. The molecular weight excluding hydrogens is 222 g/mol. The summed E-state index contributed by atoms with van der Waals surface area (Å²) in [7, 11) is 2.12. The van der Waals surface area contributed by atoms with Crippen LogP contribution in [0.3, 0.4) is 0 Å². The quantitative estimate of drug-likeness (QED) is 0.835. The lowest BCUT2D eigenvalue weighted by Crippen LogP contribution is -2.41. The lowest BCUT2D eigenvalue weighted by atomic mass is 9.97. The van der Waals surface area contributed by atoms with Gasteiger partial charge < -0.3 is 5.11 Å². The standard InChI is InChI=1S/C16H27NO/c1-13(2)15-8-6-14(7-9-15)12-17(5)16(3,4)10-11-18/h6-9,13,18H,10-12H2,1-5H3. The number of rotatable bonds is 6. The molecule has 1 aromatic rings. The predicted molar refractivity (Wildman–Crippen MR) is 77.8 cm³/mol. The normalized spacial score (nSPS) is 12.4. The highest BCUT2D eigenvalue weighted by molar-refractivity contribution is 5.24. The summed E-state index contributed by atoms with van der Waals surface area (Å²) in [5.41, 5.74) is 2.75. The molecule has 0 aliphatic heterocycles. The van der Waals surface area contributed by atoms with Gasteiger partial charge in [0.15, 0.2) is 0 Å². The molecule has 0 fully saturated rings. The predicted octanol–water partition coefficient (Wildman–Crippen LogP) is 3.40. The van der Waals surface area contributed by atoms with Gasteiger partial charge in [-0.3, -0.25) is 4.90 Å². The molecule has 102 valence electrons. The molecule has 18 heavy (non-hydrogen) atoms. The third kappa shape index (κ3) is 4.11. The van der Waals surface area contributed by atoms with E-state index in [-0.39, 0.29) is 12.1 Å². The van der Waals surface area contributed by atoms with E-state index in [2.05, 4.69) is 63.9 Å². The molecule has 0 saturated carbocycles. The molecule has 1 rings (SSSR count). The minimum absolute atomic E-state index is 0.0332. The molecule has 0 amide bonds. The van der Waals surface area contributed by atoms with Gasteiger partial charge in [-0.05, 0) is 44.4 Å². The van der Waals surface area contributed by atoms with Crippen molar-refractivity contribution in [2.24, 2.45) is 0 Å². The monoisotopic (exact) mass is 249 g/mol. The summed E-state index contributed by atoms with van der Waals surface area (Å²) < 4.78 is 0. The van der Waals surface area contributed by atoms with E-state index in [1.165, 1.54) is 11.1 Å². The lowest BCUT2D eigenvalue weighted by molar-refractivity contribution is 0.110. The van der Waals surface area contributed by atoms with Gasteiger partial charge in [0.2, 0.25) is 0 Å². The molecular formula is C16H27NO. The van der Waals surface area contributed by atoms with Crippen LogP contribution >= 0.6 is 0 Å². The SMILES string of the molecule is CC(C)c1ccc(CN(C)C(C)(C)CCO)cc1. The van der Waals surface area contributed by atoms with Gasteiger partial charge in [0.1, 0.15) is 0 Å². The molecule has 0 atom stereocenters. The van der Waals surface area contributed by atoms with E-state index in [1.807, 2.05) is 0 Å². The Kier molecular flexibility index (Phi) is 5.36. The van der Waals surface area contributed by atoms with Crippen molar-refractivity contribution in [3.8, 4) is 0 Å². The largest absolute Gasteiger partial charge is 0.396 e. The van der Waals surface area contributed by atoms with E-state index in [4.69, 9.17) is 5.11 Å². The zero-order chi connectivity index (χ0) is 13.8. The van der Waals surface area contributed by atoms with Gasteiger partial charge in [0.25, 0.3) is 0 Å². The van der Waals surface area contributed by atoms with Crippen molar-refractivity contribution in [1.29, 1.82) is 0 Å². The minimum Gasteiger partial charge on any atom is -0.396 e. The number of hydrogen-bond acceptors (Lipinski definition) is 2. The summed E-state index contributed by atoms with van der Waals surface area (Å²) in [6, 6.07) is 8.85. The van der Waals surface area contributed by atoms with Gasteiger partial charge in [-0.15, -0.1) is 0 Å². The first-order valence-corrected chi connectivity index (χ1v) is 6.78. The number of benzene rings is 1. The molecule has 2 heteroatoms. The van der Waals surface area contributed by atoms with Gasteiger partial charge in [-0.1, -0.05) is 38.1 Å². The Labute approximate surface area is 112 Å². The van der Waals surface area contributed by atoms with Gasteiger partial charge in [-0.2, -0.15) is 0 Å². The minimum atomic E-state index is 0.0332. The molecule has 0 radical (unpaired) electrons. The highest BCUT2D eigenvalue weighted by Gasteiger charge is 2.22. The van der Waals surface area contributed by atoms with Crippen LogP contribution in [-0.4, -0.2) is 29.2 Å². The summed E-state index contributed by atoms with van der Waals surface area (Å²) >= 11 is 0. The third-order valence-electron chi connectivity index (χ3n) is 3.82. The van der Waals surface area contributed by atoms with Gasteiger partial charge in [0, 0.05) is 18.7 Å². The Morgan fingerprint density at radius 1 is 1.17 bits per heavy atom. The Morgan fingerprint density at radius 2 is 1.72 bits per heavy atom. The Hall–Kier alpha value is -0.860. The number of aliphatic hydroxyl groups excluding tert-OH is 1. The first-order chi connectivity index (χ1) is 8.36. The molecule has 0 spiro atoms. The first-order valence-electron chi connectivity index (χ1n) is 6.78. The van der Waals surface area contributed by atoms with Crippen LogP contribution in [0.5, 0.6) is 0 Å². The average molecular weight is 249 g/mol. The summed E-state index contributed by atoms with van der Waals surface area (Å²) in [5, 5.41) is 9.09. The van der Waals surface area contributed by atoms with Crippen LogP contribution in [0.1, 0.15) is 51.2 Å². The van der Waals surface area contributed by atoms with Crippen molar-refractivity contribution in [3.63, 3.8) is 0 Å². The molecule has 0 aromatic heterocycles. The fourth-order valence-corrected chi connectivity index (χ4v) is 1.96. The van der Waals surface area contributed by atoms with Gasteiger partial charge >= 0.3 is 0 Å². The van der Waals surface area contributed by atoms with Crippen molar-refractivity contribution in [2.45, 2.75) is 52.1 Å². The Bertz CT molecular complexity index is 354. The van der Waals surface area contributed by atoms with E-state index in [1.54, 1.807) is 0 Å². The fourth-order valence-electron chi connectivity index (χ4n) is 1.96. The van der Waals surface area contributed by atoms with Crippen molar-refractivity contribution in [1.82, 2.24) is 4.90 Å². The van der Waals surface area contributed by atoms with Gasteiger partial charge in [-0.25, -0.2) is 0 Å². The highest BCUT2D eigenvalue weighted by atomic mass is 16.3. The maximum atomic E-state index is 9.09. The maximum absolute atomic E-state index is 9.09. The molecule has 0 aliphatic carbocycles. The Morgan fingerprint density at radius 3 is 2.17 bits per heavy atom. The van der Waals surface area contributed by atoms with E-state index < -0.39 is 0 Å². The number of hydrogen-bond donors (Lipinski definition) is 1. The zero-order valence-corrected chi connectivity index (χ0v) is 12.4. The molecule has 1 N–H and O–H groups in total. The molecule has 0 bridgehead atoms. The molecule has 1 aromatic carbocycles. The lowest BCUT2D eigenvalue weighted by Gasteiger charge is -2.35. The average Bonchev–Trinajstić information content (AvgIpc) is 2.29. The second-order valence-electron chi connectivity index (χ2n) is 6.04. The molecule has 0 saturated heterocycles. The topological polar surface area (TPSA) is 23.5 Å². The maximum Gasteiger partial charge on any atom is 0.0448 e. The van der Waals surface area contributed by atoms with Crippen LogP contribution in [0.15, 0.2) is 24.3 Å². The van der Waals surface area contributed by atoms with Crippen LogP contribution in [0.4, 0.5) is 0 Å². The zero-order valence-electron chi connectivity index (χ0n) is 12.4. The van der Waals surface area contributed by atoms with Crippen LogP contribution in [0.25, 0.3) is 0 Å². The second kappa shape index (κ2) is 6.35. The summed E-state index contributed by atoms with van der Waals surface area (Å²) in [6.45, 7) is 9.93. The van der Waals surface area contributed by atoms with Crippen LogP contribution < -0.4 is 0 Å². The highest BCUT2D eigenvalue weighted by Crippen LogP contribution is 2.20. The van der Waals surface area contributed by atoms with Crippen LogP contribution in [0.2, 0.25) is 0 Å². The summed E-state index contributed by atoms with van der Waals surface area (Å²) in [5.74, 6) is 0.586. The third-order valence-corrected chi connectivity index (χ3v) is 3.82. The Balaban J connectivity index is 2.67. The smallest absolute Gasteiger partial charge is 0.0448 e. The van der Waals surface area contributed by atoms with E-state index in [9.17, 15) is 0 Å². The van der Waals surface area contributed by atoms with E-state index in [0.717, 1.165) is 13.0 Å². The second-order valence-corrected chi connectivity index (χ2v) is 6.04. The van der Waals surface area contributed by atoms with Crippen molar-refractivity contribution in [2.75, 3.05) is 13.7 Å². The van der Waals surface area contributed by atoms with E-state index in [0.29, 0.717) is 5.92 Å². The summed E-state index contributed by atoms with van der Waals surface area (Å²) in [6.07, 6.45) is 0.799.